The zero-order chi connectivity index (χ0) is 28.6. The van der Waals surface area contributed by atoms with Gasteiger partial charge >= 0.3 is 0 Å². The lowest BCUT2D eigenvalue weighted by atomic mass is 9.93. The molecule has 0 spiro atoms. The fraction of sp³-hybridized carbons (Fsp3) is 0.344. The molecule has 3 heterocycles. The smallest absolute Gasteiger partial charge is 0.223 e. The van der Waals surface area contributed by atoms with Crippen molar-refractivity contribution in [2.45, 2.75) is 55.6 Å². The van der Waals surface area contributed by atoms with Crippen molar-refractivity contribution in [1.82, 2.24) is 20.3 Å². The summed E-state index contributed by atoms with van der Waals surface area (Å²) < 4.78 is 5.70. The Labute approximate surface area is 245 Å². The van der Waals surface area contributed by atoms with Gasteiger partial charge in [0.15, 0.2) is 0 Å². The highest BCUT2D eigenvalue weighted by molar-refractivity contribution is 7.99. The number of carbonyl (C=O) groups is 1. The lowest BCUT2D eigenvalue weighted by Crippen LogP contribution is -2.37. The Morgan fingerprint density at radius 3 is 2.80 bits per heavy atom. The van der Waals surface area contributed by atoms with Crippen LogP contribution in [0.25, 0.3) is 10.9 Å². The maximum Gasteiger partial charge on any atom is 0.223 e. The highest BCUT2D eigenvalue weighted by Crippen LogP contribution is 2.33. The summed E-state index contributed by atoms with van der Waals surface area (Å²) in [6.07, 6.45) is 5.02. The van der Waals surface area contributed by atoms with Crippen LogP contribution in [0, 0.1) is 23.2 Å². The number of carbonyl (C=O) groups excluding carboxylic acids is 1. The molecule has 1 amide bonds. The average Bonchev–Trinajstić information content (AvgIpc) is 3.49. The van der Waals surface area contributed by atoms with Crippen molar-refractivity contribution in [3.05, 3.63) is 78.2 Å². The molecule has 2 aromatic carbocycles. The van der Waals surface area contributed by atoms with Gasteiger partial charge in [0.1, 0.15) is 16.7 Å². The van der Waals surface area contributed by atoms with Gasteiger partial charge in [-0.15, -0.1) is 0 Å². The molecule has 1 aliphatic heterocycles. The van der Waals surface area contributed by atoms with E-state index in [0.29, 0.717) is 36.1 Å². The first-order valence-corrected chi connectivity index (χ1v) is 14.8. The fourth-order valence-corrected chi connectivity index (χ4v) is 5.96. The molecule has 1 aliphatic rings. The first-order valence-electron chi connectivity index (χ1n) is 14.0. The van der Waals surface area contributed by atoms with E-state index in [0.717, 1.165) is 52.4 Å². The predicted molar refractivity (Wildman–Crippen MR) is 161 cm³/mol. The summed E-state index contributed by atoms with van der Waals surface area (Å²) in [5.74, 6) is 1.25. The van der Waals surface area contributed by atoms with Crippen LogP contribution < -0.4 is 10.6 Å². The van der Waals surface area contributed by atoms with Crippen LogP contribution in [0.3, 0.4) is 0 Å². The van der Waals surface area contributed by atoms with Crippen LogP contribution in [0.2, 0.25) is 0 Å². The van der Waals surface area contributed by atoms with E-state index >= 15 is 0 Å². The monoisotopic (exact) mass is 566 g/mol. The van der Waals surface area contributed by atoms with Crippen LogP contribution in [-0.2, 0) is 16.0 Å². The standard InChI is InChI=1S/C32H34N6O2S/c1-21(2)15-24(32(39)35-20-26-11-6-14-40-26)17-28-37-29(36-25-10-3-7-22(16-25)19-33)18-30(38-28)41-27-12-4-8-23-9-5-13-34-31(23)27/h3-5,7-10,12-13,16,18,21,24,26H,6,11,14-15,17,20H2,1-2H3,(H,35,39)(H,36,37,38)/t24?,26-/m0/s1. The van der Waals surface area contributed by atoms with E-state index in [-0.39, 0.29) is 17.9 Å². The van der Waals surface area contributed by atoms with Crippen LogP contribution in [0.15, 0.2) is 76.8 Å². The van der Waals surface area contributed by atoms with Gasteiger partial charge in [0, 0.05) is 53.7 Å². The molecule has 9 heteroatoms. The molecular weight excluding hydrogens is 532 g/mol. The van der Waals surface area contributed by atoms with E-state index in [4.69, 9.17) is 14.7 Å². The van der Waals surface area contributed by atoms with Crippen LogP contribution in [0.1, 0.15) is 44.5 Å². The number of hydrogen-bond acceptors (Lipinski definition) is 8. The van der Waals surface area contributed by atoms with Gasteiger partial charge in [0.05, 0.1) is 23.3 Å². The van der Waals surface area contributed by atoms with Gasteiger partial charge < -0.3 is 15.4 Å². The third-order valence-electron chi connectivity index (χ3n) is 6.91. The molecule has 5 rings (SSSR count). The van der Waals surface area contributed by atoms with Crippen molar-refractivity contribution in [2.75, 3.05) is 18.5 Å². The Morgan fingerprint density at radius 2 is 2.00 bits per heavy atom. The van der Waals surface area contributed by atoms with Crippen molar-refractivity contribution in [3.8, 4) is 6.07 Å². The third-order valence-corrected chi connectivity index (χ3v) is 7.87. The molecule has 2 N–H and O–H groups in total. The average molecular weight is 567 g/mol. The number of pyridine rings is 1. The molecule has 1 saturated heterocycles. The summed E-state index contributed by atoms with van der Waals surface area (Å²) in [4.78, 5) is 28.6. The van der Waals surface area contributed by atoms with Crippen molar-refractivity contribution in [3.63, 3.8) is 0 Å². The maximum atomic E-state index is 13.3. The molecule has 1 fully saturated rings. The number of hydrogen-bond donors (Lipinski definition) is 2. The summed E-state index contributed by atoms with van der Waals surface area (Å²) in [6.45, 7) is 5.53. The number of amides is 1. The first-order chi connectivity index (χ1) is 20.0. The number of nitriles is 1. The lowest BCUT2D eigenvalue weighted by molar-refractivity contribution is -0.126. The van der Waals surface area contributed by atoms with Gasteiger partial charge in [-0.05, 0) is 55.5 Å². The summed E-state index contributed by atoms with van der Waals surface area (Å²) in [6, 6.07) is 21.4. The Hall–Kier alpha value is -4.00. The molecular formula is C32H34N6O2S. The van der Waals surface area contributed by atoms with Crippen LogP contribution >= 0.6 is 11.8 Å². The zero-order valence-electron chi connectivity index (χ0n) is 23.3. The number of para-hydroxylation sites is 1. The van der Waals surface area contributed by atoms with Crippen molar-refractivity contribution >= 4 is 40.1 Å². The predicted octanol–water partition coefficient (Wildman–Crippen LogP) is 6.29. The number of anilines is 2. The zero-order valence-corrected chi connectivity index (χ0v) is 24.2. The number of nitrogens with zero attached hydrogens (tertiary/aromatic N) is 4. The van der Waals surface area contributed by atoms with E-state index < -0.39 is 0 Å². The van der Waals surface area contributed by atoms with Crippen LogP contribution in [0.5, 0.6) is 0 Å². The van der Waals surface area contributed by atoms with E-state index in [2.05, 4.69) is 35.5 Å². The first kappa shape index (κ1) is 28.5. The van der Waals surface area contributed by atoms with Crippen molar-refractivity contribution in [2.24, 2.45) is 11.8 Å². The molecule has 0 aliphatic carbocycles. The maximum absolute atomic E-state index is 13.3. The second-order valence-electron chi connectivity index (χ2n) is 10.7. The Morgan fingerprint density at radius 1 is 1.15 bits per heavy atom. The summed E-state index contributed by atoms with van der Waals surface area (Å²) >= 11 is 1.52. The van der Waals surface area contributed by atoms with Crippen molar-refractivity contribution < 1.29 is 9.53 Å². The van der Waals surface area contributed by atoms with Gasteiger partial charge in [0.25, 0.3) is 0 Å². The molecule has 41 heavy (non-hydrogen) atoms. The quantitative estimate of drug-likeness (QED) is 0.204. The largest absolute Gasteiger partial charge is 0.376 e. The number of fused-ring (bicyclic) bond motifs is 1. The highest BCUT2D eigenvalue weighted by Gasteiger charge is 2.24. The second-order valence-corrected chi connectivity index (χ2v) is 11.7. The number of nitrogens with one attached hydrogen (secondary N) is 2. The molecule has 8 nitrogen and oxygen atoms in total. The van der Waals surface area contributed by atoms with Crippen molar-refractivity contribution in [1.29, 1.82) is 5.26 Å². The van der Waals surface area contributed by atoms with E-state index in [1.807, 2.05) is 48.5 Å². The highest BCUT2D eigenvalue weighted by atomic mass is 32.2. The Balaban J connectivity index is 1.44. The third kappa shape index (κ3) is 7.81. The lowest BCUT2D eigenvalue weighted by Gasteiger charge is -2.20. The van der Waals surface area contributed by atoms with Gasteiger partial charge in [-0.2, -0.15) is 5.26 Å². The minimum atomic E-state index is -0.273. The molecule has 2 aromatic heterocycles. The minimum absolute atomic E-state index is 0.00494. The normalized spacial score (nSPS) is 15.5. The molecule has 0 saturated carbocycles. The number of ether oxygens (including phenoxy) is 1. The van der Waals surface area contributed by atoms with E-state index in [9.17, 15) is 10.1 Å². The van der Waals surface area contributed by atoms with Gasteiger partial charge in [-0.1, -0.05) is 49.9 Å². The van der Waals surface area contributed by atoms with Gasteiger partial charge in [0.2, 0.25) is 5.91 Å². The van der Waals surface area contributed by atoms with Crippen LogP contribution in [0.4, 0.5) is 11.5 Å². The molecule has 210 valence electrons. The van der Waals surface area contributed by atoms with E-state index in [1.54, 1.807) is 18.3 Å². The minimum Gasteiger partial charge on any atom is -0.376 e. The molecule has 0 radical (unpaired) electrons. The Bertz CT molecular complexity index is 1540. The van der Waals surface area contributed by atoms with Gasteiger partial charge in [-0.25, -0.2) is 9.97 Å². The molecule has 1 unspecified atom stereocenters. The van der Waals surface area contributed by atoms with Gasteiger partial charge in [-0.3, -0.25) is 9.78 Å². The van der Waals surface area contributed by atoms with Crippen LogP contribution in [-0.4, -0.2) is 40.1 Å². The number of rotatable bonds is 11. The topological polar surface area (TPSA) is 113 Å². The second kappa shape index (κ2) is 13.6. The van der Waals surface area contributed by atoms with E-state index in [1.165, 1.54) is 11.8 Å². The summed E-state index contributed by atoms with van der Waals surface area (Å²) in [5, 5.41) is 17.6. The molecule has 0 bridgehead atoms. The number of aromatic nitrogens is 3. The summed E-state index contributed by atoms with van der Waals surface area (Å²) in [5.41, 5.74) is 2.22. The Kier molecular flexibility index (Phi) is 9.44. The molecule has 4 aromatic rings. The SMILES string of the molecule is CC(C)CC(Cc1nc(Nc2cccc(C#N)c2)cc(Sc2cccc3cccnc23)n1)C(=O)NC[C@@H]1CCCO1. The fourth-order valence-electron chi connectivity index (χ4n) is 5.00. The molecule has 2 atom stereocenters. The summed E-state index contributed by atoms with van der Waals surface area (Å²) in [7, 11) is 0. The number of benzene rings is 2.